The van der Waals surface area contributed by atoms with Gasteiger partial charge >= 0.3 is 0 Å². The van der Waals surface area contributed by atoms with E-state index in [1.807, 2.05) is 65.4 Å². The predicted molar refractivity (Wildman–Crippen MR) is 96.5 cm³/mol. The maximum Gasteiger partial charge on any atom is 0.291 e. The number of hydrogen-bond acceptors (Lipinski definition) is 4. The first-order chi connectivity index (χ1) is 12.4. The van der Waals surface area contributed by atoms with Crippen LogP contribution in [0.5, 0.6) is 0 Å². The summed E-state index contributed by atoms with van der Waals surface area (Å²) in [4.78, 5) is 12.4. The standard InChI is InChI=1S/C18H17ClN2O.HNO3/c19-17-9-5-4-6-15(17)12-18(22,13-21-11-10-20-14-21)16-7-2-1-3-8-16;2-1(3)4/h1-11,14,22H,12-13H2;(H,2,3,4). The lowest BCUT2D eigenvalue weighted by Crippen LogP contribution is -2.33. The Labute approximate surface area is 155 Å². The second kappa shape index (κ2) is 8.98. The van der Waals surface area contributed by atoms with Crippen LogP contribution in [0.2, 0.25) is 5.02 Å². The van der Waals surface area contributed by atoms with Gasteiger partial charge in [-0.25, -0.2) is 4.98 Å². The van der Waals surface area contributed by atoms with Crippen LogP contribution in [0.25, 0.3) is 0 Å². The largest absolute Gasteiger partial charge is 0.383 e. The molecule has 0 aliphatic heterocycles. The maximum absolute atomic E-state index is 11.3. The average Bonchev–Trinajstić information content (AvgIpc) is 3.10. The van der Waals surface area contributed by atoms with Crippen molar-refractivity contribution in [3.8, 4) is 0 Å². The van der Waals surface area contributed by atoms with E-state index in [1.165, 1.54) is 0 Å². The molecule has 7 nitrogen and oxygen atoms in total. The fourth-order valence-electron chi connectivity index (χ4n) is 2.64. The highest BCUT2D eigenvalue weighted by Gasteiger charge is 2.30. The first kappa shape index (κ1) is 19.4. The number of halogens is 1. The van der Waals surface area contributed by atoms with E-state index < -0.39 is 10.7 Å². The Kier molecular flexibility index (Phi) is 6.71. The number of nitrogens with zero attached hydrogens (tertiary/aromatic N) is 3. The van der Waals surface area contributed by atoms with Crippen LogP contribution >= 0.6 is 11.6 Å². The fraction of sp³-hybridized carbons (Fsp3) is 0.167. The summed E-state index contributed by atoms with van der Waals surface area (Å²) in [7, 11) is 0. The molecule has 0 saturated carbocycles. The molecule has 1 heterocycles. The van der Waals surface area contributed by atoms with Crippen molar-refractivity contribution >= 4 is 11.6 Å². The van der Waals surface area contributed by atoms with Gasteiger partial charge in [0, 0.05) is 23.8 Å². The normalized spacial score (nSPS) is 12.5. The highest BCUT2D eigenvalue weighted by atomic mass is 35.5. The molecule has 8 heteroatoms. The minimum Gasteiger partial charge on any atom is -0.383 e. The summed E-state index contributed by atoms with van der Waals surface area (Å²) >= 11 is 6.27. The van der Waals surface area contributed by atoms with E-state index in [2.05, 4.69) is 4.98 Å². The van der Waals surface area contributed by atoms with Crippen molar-refractivity contribution in [1.82, 2.24) is 9.55 Å². The number of hydrogen-bond donors (Lipinski definition) is 2. The summed E-state index contributed by atoms with van der Waals surface area (Å²) in [6, 6.07) is 17.3. The quantitative estimate of drug-likeness (QED) is 0.526. The molecule has 1 atom stereocenters. The van der Waals surface area contributed by atoms with E-state index in [1.54, 1.807) is 12.5 Å². The van der Waals surface area contributed by atoms with Crippen LogP contribution in [0.15, 0.2) is 73.3 Å². The zero-order valence-corrected chi connectivity index (χ0v) is 14.5. The molecule has 1 aromatic heterocycles. The minimum absolute atomic E-state index is 0.419. The topological polar surface area (TPSA) is 101 Å². The second-order valence-corrected chi connectivity index (χ2v) is 6.05. The maximum atomic E-state index is 11.3. The van der Waals surface area contributed by atoms with Gasteiger partial charge in [-0.1, -0.05) is 60.1 Å². The molecule has 0 aliphatic carbocycles. The zero-order chi connectivity index (χ0) is 19.0. The summed E-state index contributed by atoms with van der Waals surface area (Å²) in [5.41, 5.74) is 0.742. The van der Waals surface area contributed by atoms with Gasteiger partial charge in [-0.15, -0.1) is 10.1 Å². The van der Waals surface area contributed by atoms with Gasteiger partial charge in [0.15, 0.2) is 0 Å². The third-order valence-corrected chi connectivity index (χ3v) is 4.12. The summed E-state index contributed by atoms with van der Waals surface area (Å²) in [6.45, 7) is 0.419. The molecule has 3 aromatic rings. The van der Waals surface area contributed by atoms with Crippen LogP contribution < -0.4 is 0 Å². The van der Waals surface area contributed by atoms with E-state index in [0.29, 0.717) is 18.0 Å². The van der Waals surface area contributed by atoms with Gasteiger partial charge in [-0.05, 0) is 17.2 Å². The lowest BCUT2D eigenvalue weighted by molar-refractivity contribution is -0.742. The van der Waals surface area contributed by atoms with E-state index in [9.17, 15) is 5.11 Å². The van der Waals surface area contributed by atoms with Gasteiger partial charge in [0.05, 0.1) is 12.9 Å². The Morgan fingerprint density at radius 3 is 2.35 bits per heavy atom. The first-order valence-corrected chi connectivity index (χ1v) is 8.09. The molecule has 136 valence electrons. The van der Waals surface area contributed by atoms with Gasteiger partial charge in [0.25, 0.3) is 5.09 Å². The molecule has 26 heavy (non-hydrogen) atoms. The van der Waals surface area contributed by atoms with E-state index >= 15 is 0 Å². The van der Waals surface area contributed by atoms with Crippen LogP contribution in [0.1, 0.15) is 11.1 Å². The predicted octanol–water partition coefficient (Wildman–Crippen LogP) is 3.32. The molecule has 0 fully saturated rings. The van der Waals surface area contributed by atoms with Crippen molar-refractivity contribution in [3.05, 3.63) is 99.6 Å². The lowest BCUT2D eigenvalue weighted by atomic mass is 9.87. The number of imidazole rings is 1. The van der Waals surface area contributed by atoms with Gasteiger partial charge in [-0.3, -0.25) is 0 Å². The van der Waals surface area contributed by atoms with Crippen LogP contribution in [0.4, 0.5) is 0 Å². The summed E-state index contributed by atoms with van der Waals surface area (Å²) < 4.78 is 1.88. The molecular formula is C18H18ClN3O4. The minimum atomic E-state index is -1.50. The van der Waals surface area contributed by atoms with E-state index in [-0.39, 0.29) is 0 Å². The molecule has 0 radical (unpaired) electrons. The third-order valence-electron chi connectivity index (χ3n) is 3.76. The molecular weight excluding hydrogens is 358 g/mol. The first-order valence-electron chi connectivity index (χ1n) is 7.71. The van der Waals surface area contributed by atoms with Crippen LogP contribution in [0.3, 0.4) is 0 Å². The molecule has 0 saturated heterocycles. The molecule has 0 bridgehead atoms. The van der Waals surface area contributed by atoms with Crippen molar-refractivity contribution in [2.75, 3.05) is 0 Å². The number of rotatable bonds is 5. The Morgan fingerprint density at radius 1 is 1.15 bits per heavy atom. The summed E-state index contributed by atoms with van der Waals surface area (Å²) in [6.07, 6.45) is 5.71. The number of aromatic nitrogens is 2. The summed E-state index contributed by atoms with van der Waals surface area (Å²) in [5.74, 6) is 0. The number of benzene rings is 2. The second-order valence-electron chi connectivity index (χ2n) is 5.64. The van der Waals surface area contributed by atoms with Crippen molar-refractivity contribution < 1.29 is 15.4 Å². The average molecular weight is 376 g/mol. The molecule has 0 amide bonds. The van der Waals surface area contributed by atoms with Crippen molar-refractivity contribution in [1.29, 1.82) is 0 Å². The van der Waals surface area contributed by atoms with Crippen molar-refractivity contribution in [2.45, 2.75) is 18.6 Å². The Bertz CT molecular complexity index is 823. The van der Waals surface area contributed by atoms with Gasteiger partial charge in [0.2, 0.25) is 0 Å². The molecule has 2 N–H and O–H groups in total. The molecule has 0 aliphatic rings. The number of aliphatic hydroxyl groups is 1. The molecule has 1 unspecified atom stereocenters. The van der Waals surface area contributed by atoms with Crippen LogP contribution in [0, 0.1) is 10.1 Å². The Morgan fingerprint density at radius 2 is 1.77 bits per heavy atom. The third kappa shape index (κ3) is 5.58. The Hall–Kier alpha value is -2.90. The lowest BCUT2D eigenvalue weighted by Gasteiger charge is -2.29. The molecule has 3 rings (SSSR count). The van der Waals surface area contributed by atoms with Crippen molar-refractivity contribution in [2.24, 2.45) is 0 Å². The van der Waals surface area contributed by atoms with Gasteiger partial charge in [0.1, 0.15) is 5.60 Å². The smallest absolute Gasteiger partial charge is 0.291 e. The monoisotopic (exact) mass is 375 g/mol. The summed E-state index contributed by atoms with van der Waals surface area (Å²) in [5, 5.41) is 25.6. The highest BCUT2D eigenvalue weighted by molar-refractivity contribution is 6.31. The zero-order valence-electron chi connectivity index (χ0n) is 13.8. The molecule has 2 aromatic carbocycles. The van der Waals surface area contributed by atoms with Crippen molar-refractivity contribution in [3.63, 3.8) is 0 Å². The molecule has 0 spiro atoms. The van der Waals surface area contributed by atoms with Crippen LogP contribution in [-0.2, 0) is 18.6 Å². The van der Waals surface area contributed by atoms with E-state index in [4.69, 9.17) is 26.9 Å². The van der Waals surface area contributed by atoms with E-state index in [0.717, 1.165) is 11.1 Å². The Balaban J connectivity index is 0.000000552. The van der Waals surface area contributed by atoms with Gasteiger partial charge < -0.3 is 14.9 Å². The fourth-order valence-corrected chi connectivity index (χ4v) is 2.84. The SMILES string of the molecule is O=[N+]([O-])O.OC(Cc1ccccc1Cl)(Cn1ccnc1)c1ccccc1. The highest BCUT2D eigenvalue weighted by Crippen LogP contribution is 2.30. The van der Waals surface area contributed by atoms with Gasteiger partial charge in [-0.2, -0.15) is 0 Å². The van der Waals surface area contributed by atoms with Crippen LogP contribution in [-0.4, -0.2) is 25.0 Å².